The number of aryl methyl sites for hydroxylation is 1. The number of hydrogen-bond acceptors (Lipinski definition) is 6. The molecule has 9 heteroatoms. The summed E-state index contributed by atoms with van der Waals surface area (Å²) in [5.74, 6) is -0.0147. The fourth-order valence-electron chi connectivity index (χ4n) is 1.33. The molecule has 17 heavy (non-hydrogen) atoms. The largest absolute Gasteiger partial charge is 0.381 e. The van der Waals surface area contributed by atoms with E-state index in [0.29, 0.717) is 5.01 Å². The first-order valence-electron chi connectivity index (χ1n) is 4.65. The van der Waals surface area contributed by atoms with Gasteiger partial charge in [0, 0.05) is 18.6 Å². The van der Waals surface area contributed by atoms with Gasteiger partial charge in [-0.3, -0.25) is 0 Å². The zero-order chi connectivity index (χ0) is 12.5. The van der Waals surface area contributed by atoms with Crippen LogP contribution in [0.2, 0.25) is 0 Å². The molecular weight excluding hydrogens is 262 g/mol. The maximum absolute atomic E-state index is 12.0. The van der Waals surface area contributed by atoms with Crippen LogP contribution in [0.25, 0.3) is 0 Å². The van der Waals surface area contributed by atoms with E-state index in [1.54, 1.807) is 18.6 Å². The second kappa shape index (κ2) is 4.43. The van der Waals surface area contributed by atoms with E-state index in [1.165, 1.54) is 22.2 Å². The number of thiazole rings is 1. The first-order valence-corrected chi connectivity index (χ1v) is 7.02. The van der Waals surface area contributed by atoms with Gasteiger partial charge in [0.25, 0.3) is 10.0 Å². The van der Waals surface area contributed by atoms with Gasteiger partial charge in [-0.25, -0.2) is 23.1 Å². The number of nitrogen functional groups attached to an aromatic ring is 1. The van der Waals surface area contributed by atoms with Crippen molar-refractivity contribution in [2.75, 3.05) is 5.73 Å². The normalized spacial score (nSPS) is 11.8. The van der Waals surface area contributed by atoms with Crippen LogP contribution in [0, 0.1) is 0 Å². The van der Waals surface area contributed by atoms with Crippen molar-refractivity contribution in [1.82, 2.24) is 19.3 Å². The van der Waals surface area contributed by atoms with E-state index in [9.17, 15) is 8.42 Å². The van der Waals surface area contributed by atoms with Crippen LogP contribution in [0.15, 0.2) is 22.9 Å². The number of rotatable bonds is 4. The summed E-state index contributed by atoms with van der Waals surface area (Å²) in [7, 11) is -2.09. The third-order valence-corrected chi connectivity index (χ3v) is 4.37. The van der Waals surface area contributed by atoms with Crippen LogP contribution in [0.4, 0.5) is 5.82 Å². The van der Waals surface area contributed by atoms with Crippen LogP contribution >= 0.6 is 11.3 Å². The first-order chi connectivity index (χ1) is 8.00. The lowest BCUT2D eigenvalue weighted by Crippen LogP contribution is -2.25. The summed E-state index contributed by atoms with van der Waals surface area (Å²) in [4.78, 5) is 7.72. The summed E-state index contributed by atoms with van der Waals surface area (Å²) >= 11 is 1.38. The molecule has 0 bridgehead atoms. The van der Waals surface area contributed by atoms with Crippen LogP contribution in [0.5, 0.6) is 0 Å². The number of anilines is 1. The quantitative estimate of drug-likeness (QED) is 0.812. The zero-order valence-electron chi connectivity index (χ0n) is 8.99. The van der Waals surface area contributed by atoms with Gasteiger partial charge in [-0.15, -0.1) is 11.3 Å². The van der Waals surface area contributed by atoms with Crippen LogP contribution in [0.1, 0.15) is 5.01 Å². The molecule has 2 heterocycles. The molecule has 3 N–H and O–H groups in total. The Morgan fingerprint density at radius 3 is 2.82 bits per heavy atom. The highest BCUT2D eigenvalue weighted by Crippen LogP contribution is 2.15. The van der Waals surface area contributed by atoms with E-state index in [0.717, 1.165) is 0 Å². The van der Waals surface area contributed by atoms with E-state index < -0.39 is 10.0 Å². The third-order valence-electron chi connectivity index (χ3n) is 2.06. The van der Waals surface area contributed by atoms with Crippen molar-refractivity contribution in [3.05, 3.63) is 22.9 Å². The summed E-state index contributed by atoms with van der Waals surface area (Å²) in [6, 6.07) is 0. The molecule has 0 unspecified atom stereocenters. The van der Waals surface area contributed by atoms with Crippen LogP contribution < -0.4 is 10.5 Å². The predicted molar refractivity (Wildman–Crippen MR) is 63.8 cm³/mol. The molecule has 0 aliphatic heterocycles. The van der Waals surface area contributed by atoms with Crippen molar-refractivity contribution in [2.45, 2.75) is 11.6 Å². The maximum Gasteiger partial charge on any atom is 0.260 e. The van der Waals surface area contributed by atoms with E-state index in [4.69, 9.17) is 5.73 Å². The lowest BCUT2D eigenvalue weighted by atomic mass is 10.7. The minimum absolute atomic E-state index is 0.0147. The van der Waals surface area contributed by atoms with Crippen molar-refractivity contribution >= 4 is 27.2 Å². The van der Waals surface area contributed by atoms with Crippen molar-refractivity contribution in [3.63, 3.8) is 0 Å². The highest BCUT2D eigenvalue weighted by atomic mass is 32.2. The molecule has 7 nitrogen and oxygen atoms in total. The number of sulfonamides is 1. The van der Waals surface area contributed by atoms with Gasteiger partial charge in [-0.2, -0.15) is 0 Å². The predicted octanol–water partition coefficient (Wildman–Crippen LogP) is -0.0627. The Kier molecular flexibility index (Phi) is 3.13. The molecular formula is C8H11N5O2S2. The second-order valence-electron chi connectivity index (χ2n) is 3.30. The summed E-state index contributed by atoms with van der Waals surface area (Å²) in [6.07, 6.45) is 2.97. The molecule has 0 saturated carbocycles. The first kappa shape index (κ1) is 12.0. The smallest absolute Gasteiger partial charge is 0.260 e. The average Bonchev–Trinajstić information content (AvgIpc) is 2.86. The Morgan fingerprint density at radius 2 is 2.29 bits per heavy atom. The molecule has 0 radical (unpaired) electrons. The number of hydrogen-bond donors (Lipinski definition) is 2. The maximum atomic E-state index is 12.0. The number of imidazole rings is 1. The standard InChI is InChI=1S/C8H11N5O2S2/c1-13-5-11-7(9)8(13)17(14,15)12-4-6-10-2-3-16-6/h2-3,5,12H,4,9H2,1H3. The summed E-state index contributed by atoms with van der Waals surface area (Å²) in [5.41, 5.74) is 5.51. The molecule has 0 spiro atoms. The van der Waals surface area contributed by atoms with Gasteiger partial charge in [0.05, 0.1) is 12.9 Å². The van der Waals surface area contributed by atoms with Gasteiger partial charge < -0.3 is 10.3 Å². The van der Waals surface area contributed by atoms with Crippen LogP contribution in [-0.2, 0) is 23.6 Å². The molecule has 0 saturated heterocycles. The minimum atomic E-state index is -3.66. The molecule has 2 rings (SSSR count). The molecule has 0 aliphatic carbocycles. The highest BCUT2D eigenvalue weighted by Gasteiger charge is 2.22. The third kappa shape index (κ3) is 2.46. The van der Waals surface area contributed by atoms with E-state index >= 15 is 0 Å². The summed E-state index contributed by atoms with van der Waals surface area (Å²) in [5, 5.41) is 2.44. The van der Waals surface area contributed by atoms with Crippen molar-refractivity contribution in [3.8, 4) is 0 Å². The number of nitrogens with one attached hydrogen (secondary N) is 1. The fraction of sp³-hybridized carbons (Fsp3) is 0.250. The lowest BCUT2D eigenvalue weighted by Gasteiger charge is -2.06. The van der Waals surface area contributed by atoms with Gasteiger partial charge in [0.1, 0.15) is 5.01 Å². The molecule has 0 aliphatic rings. The van der Waals surface area contributed by atoms with Crippen molar-refractivity contribution < 1.29 is 8.42 Å². The fourth-order valence-corrected chi connectivity index (χ4v) is 3.19. The zero-order valence-corrected chi connectivity index (χ0v) is 10.6. The lowest BCUT2D eigenvalue weighted by molar-refractivity contribution is 0.571. The van der Waals surface area contributed by atoms with Crippen LogP contribution in [-0.4, -0.2) is 23.0 Å². The number of nitrogens with two attached hydrogens (primary N) is 1. The average molecular weight is 273 g/mol. The Labute approximate surface area is 102 Å². The van der Waals surface area contributed by atoms with Crippen LogP contribution in [0.3, 0.4) is 0 Å². The Hall–Kier alpha value is -1.45. The topological polar surface area (TPSA) is 103 Å². The summed E-state index contributed by atoms with van der Waals surface area (Å²) in [6.45, 7) is 0.143. The van der Waals surface area contributed by atoms with Gasteiger partial charge in [-0.05, 0) is 0 Å². The molecule has 0 amide bonds. The van der Waals surface area contributed by atoms with Crippen molar-refractivity contribution in [2.24, 2.45) is 7.05 Å². The van der Waals surface area contributed by atoms with Crippen molar-refractivity contribution in [1.29, 1.82) is 0 Å². The molecule has 2 aromatic rings. The SMILES string of the molecule is Cn1cnc(N)c1S(=O)(=O)NCc1nccs1. The Morgan fingerprint density at radius 1 is 1.53 bits per heavy atom. The van der Waals surface area contributed by atoms with Gasteiger partial charge in [0.15, 0.2) is 10.8 Å². The minimum Gasteiger partial charge on any atom is -0.381 e. The highest BCUT2D eigenvalue weighted by molar-refractivity contribution is 7.89. The van der Waals surface area contributed by atoms with E-state index in [-0.39, 0.29) is 17.4 Å². The monoisotopic (exact) mass is 273 g/mol. The van der Waals surface area contributed by atoms with Gasteiger partial charge in [0.2, 0.25) is 0 Å². The van der Waals surface area contributed by atoms with Gasteiger partial charge in [-0.1, -0.05) is 0 Å². The Bertz CT molecular complexity index is 582. The number of aromatic nitrogens is 3. The molecule has 0 atom stereocenters. The molecule has 0 fully saturated rings. The summed E-state index contributed by atoms with van der Waals surface area (Å²) < 4.78 is 27.7. The molecule has 2 aromatic heterocycles. The van der Waals surface area contributed by atoms with E-state index in [1.807, 2.05) is 0 Å². The molecule has 0 aromatic carbocycles. The Balaban J connectivity index is 2.20. The number of nitrogens with zero attached hydrogens (tertiary/aromatic N) is 3. The van der Waals surface area contributed by atoms with Gasteiger partial charge >= 0.3 is 0 Å². The molecule has 92 valence electrons. The van der Waals surface area contributed by atoms with E-state index in [2.05, 4.69) is 14.7 Å². The second-order valence-corrected chi connectivity index (χ2v) is 5.96.